The van der Waals surface area contributed by atoms with Crippen molar-refractivity contribution < 1.29 is 4.79 Å². The number of nitriles is 1. The Kier molecular flexibility index (Phi) is 6.88. The molecule has 5 heteroatoms. The monoisotopic (exact) mass is 339 g/mol. The van der Waals surface area contributed by atoms with Crippen LogP contribution in [0.4, 0.5) is 0 Å². The summed E-state index contributed by atoms with van der Waals surface area (Å²) in [6.07, 6.45) is 1.45. The third-order valence-electron chi connectivity index (χ3n) is 3.41. The Labute approximate surface area is 146 Å². The molecule has 0 aromatic heterocycles. The lowest BCUT2D eigenvalue weighted by molar-refractivity contribution is -0.117. The molecule has 0 saturated carbocycles. The third kappa shape index (κ3) is 4.87. The molecule has 24 heavy (non-hydrogen) atoms. The predicted octanol–water partition coefficient (Wildman–Crippen LogP) is 3.13. The first-order valence-electron chi connectivity index (χ1n) is 7.56. The second kappa shape index (κ2) is 9.39. The summed E-state index contributed by atoms with van der Waals surface area (Å²) in [5, 5.41) is 15.0. The average molecular weight is 340 g/mol. The molecule has 1 amide bonds. The molecule has 0 saturated heterocycles. The standard InChI is InChI=1S/C19H18ClN3O/c20-11-12-22-19(24)17(13-21)14-23-18(15-7-3-1-4-8-15)16-9-5-2-6-10-16/h1-10,14,18,23H,11-12H2,(H,22,24)/b17-14-. The Morgan fingerprint density at radius 1 is 1.08 bits per heavy atom. The Bertz CT molecular complexity index is 684. The molecule has 4 nitrogen and oxygen atoms in total. The zero-order valence-corrected chi connectivity index (χ0v) is 13.8. The van der Waals surface area contributed by atoms with Gasteiger partial charge in [0, 0.05) is 18.6 Å². The van der Waals surface area contributed by atoms with Gasteiger partial charge in [-0.15, -0.1) is 11.6 Å². The molecule has 0 aliphatic rings. The number of carbonyl (C=O) groups excluding carboxylic acids is 1. The summed E-state index contributed by atoms with van der Waals surface area (Å²) in [6, 6.07) is 21.5. The van der Waals surface area contributed by atoms with Crippen molar-refractivity contribution in [2.24, 2.45) is 0 Å². The number of halogens is 1. The van der Waals surface area contributed by atoms with E-state index in [0.29, 0.717) is 12.4 Å². The van der Waals surface area contributed by atoms with Gasteiger partial charge < -0.3 is 10.6 Å². The van der Waals surface area contributed by atoms with E-state index in [9.17, 15) is 10.1 Å². The molecular formula is C19H18ClN3O. The van der Waals surface area contributed by atoms with Crippen LogP contribution in [-0.4, -0.2) is 18.3 Å². The van der Waals surface area contributed by atoms with Crippen LogP contribution >= 0.6 is 11.6 Å². The second-order valence-electron chi connectivity index (χ2n) is 5.04. The van der Waals surface area contributed by atoms with Crippen LogP contribution in [0.25, 0.3) is 0 Å². The van der Waals surface area contributed by atoms with Crippen LogP contribution in [0.2, 0.25) is 0 Å². The Morgan fingerprint density at radius 2 is 1.62 bits per heavy atom. The first-order valence-corrected chi connectivity index (χ1v) is 8.10. The molecule has 0 unspecified atom stereocenters. The van der Waals surface area contributed by atoms with E-state index in [1.54, 1.807) is 0 Å². The van der Waals surface area contributed by atoms with Crippen molar-refractivity contribution in [2.45, 2.75) is 6.04 Å². The smallest absolute Gasteiger partial charge is 0.263 e. The van der Waals surface area contributed by atoms with Crippen LogP contribution < -0.4 is 10.6 Å². The Balaban J connectivity index is 2.24. The van der Waals surface area contributed by atoms with Gasteiger partial charge in [0.15, 0.2) is 0 Å². The van der Waals surface area contributed by atoms with Gasteiger partial charge in [-0.25, -0.2) is 0 Å². The number of rotatable bonds is 7. The fraction of sp³-hybridized carbons (Fsp3) is 0.158. The quantitative estimate of drug-likeness (QED) is 0.463. The molecule has 0 bridgehead atoms. The van der Waals surface area contributed by atoms with Crippen LogP contribution in [0.1, 0.15) is 17.2 Å². The minimum atomic E-state index is -0.439. The molecule has 0 heterocycles. The van der Waals surface area contributed by atoms with Crippen molar-refractivity contribution >= 4 is 17.5 Å². The lowest BCUT2D eigenvalue weighted by atomic mass is 9.99. The number of alkyl halides is 1. The van der Waals surface area contributed by atoms with E-state index in [1.165, 1.54) is 6.20 Å². The SMILES string of the molecule is N#C/C(=C/NC(c1ccccc1)c1ccccc1)C(=O)NCCCl. The van der Waals surface area contributed by atoms with Gasteiger partial charge in [-0.1, -0.05) is 60.7 Å². The second-order valence-corrected chi connectivity index (χ2v) is 5.41. The molecule has 0 spiro atoms. The van der Waals surface area contributed by atoms with Crippen molar-refractivity contribution in [3.63, 3.8) is 0 Å². The van der Waals surface area contributed by atoms with Gasteiger partial charge in [0.25, 0.3) is 5.91 Å². The lowest BCUT2D eigenvalue weighted by Gasteiger charge is -2.19. The fourth-order valence-corrected chi connectivity index (χ4v) is 2.34. The van der Waals surface area contributed by atoms with Crippen molar-refractivity contribution in [1.82, 2.24) is 10.6 Å². The van der Waals surface area contributed by atoms with Gasteiger partial charge in [-0.05, 0) is 11.1 Å². The van der Waals surface area contributed by atoms with Crippen LogP contribution in [0, 0.1) is 11.3 Å². The van der Waals surface area contributed by atoms with Gasteiger partial charge in [0.05, 0.1) is 6.04 Å². The molecular weight excluding hydrogens is 322 g/mol. The highest BCUT2D eigenvalue weighted by Gasteiger charge is 2.14. The van der Waals surface area contributed by atoms with Gasteiger partial charge in [0.1, 0.15) is 11.6 Å². The zero-order valence-electron chi connectivity index (χ0n) is 13.1. The number of amides is 1. The highest BCUT2D eigenvalue weighted by atomic mass is 35.5. The van der Waals surface area contributed by atoms with Crippen LogP contribution in [0.15, 0.2) is 72.4 Å². The number of nitrogens with one attached hydrogen (secondary N) is 2. The van der Waals surface area contributed by atoms with Crippen molar-refractivity contribution in [3.05, 3.63) is 83.6 Å². The maximum Gasteiger partial charge on any atom is 0.263 e. The van der Waals surface area contributed by atoms with Crippen LogP contribution in [-0.2, 0) is 4.79 Å². The van der Waals surface area contributed by atoms with Crippen LogP contribution in [0.3, 0.4) is 0 Å². The van der Waals surface area contributed by atoms with E-state index < -0.39 is 5.91 Å². The molecule has 0 fully saturated rings. The van der Waals surface area contributed by atoms with Crippen molar-refractivity contribution in [1.29, 1.82) is 5.26 Å². The number of hydrogen-bond acceptors (Lipinski definition) is 3. The molecule has 122 valence electrons. The van der Waals surface area contributed by atoms with E-state index in [0.717, 1.165) is 11.1 Å². The van der Waals surface area contributed by atoms with Crippen molar-refractivity contribution in [2.75, 3.05) is 12.4 Å². The molecule has 0 atom stereocenters. The Hall–Kier alpha value is -2.77. The first kappa shape index (κ1) is 17.6. The van der Waals surface area contributed by atoms with Crippen LogP contribution in [0.5, 0.6) is 0 Å². The minimum absolute atomic E-state index is 0.0111. The molecule has 2 aromatic rings. The lowest BCUT2D eigenvalue weighted by Crippen LogP contribution is -2.28. The summed E-state index contributed by atoms with van der Waals surface area (Å²) in [7, 11) is 0. The summed E-state index contributed by atoms with van der Waals surface area (Å²) >= 11 is 5.55. The van der Waals surface area contributed by atoms with Gasteiger partial charge in [-0.3, -0.25) is 4.79 Å². The summed E-state index contributed by atoms with van der Waals surface area (Å²) in [5.41, 5.74) is 2.09. The molecule has 2 rings (SSSR count). The number of benzene rings is 2. The number of nitrogens with zero attached hydrogens (tertiary/aromatic N) is 1. The maximum atomic E-state index is 11.9. The van der Waals surface area contributed by atoms with Gasteiger partial charge in [-0.2, -0.15) is 5.26 Å². The zero-order chi connectivity index (χ0) is 17.2. The van der Waals surface area contributed by atoms with E-state index >= 15 is 0 Å². The molecule has 2 aromatic carbocycles. The third-order valence-corrected chi connectivity index (χ3v) is 3.59. The minimum Gasteiger partial charge on any atom is -0.379 e. The highest BCUT2D eigenvalue weighted by Crippen LogP contribution is 2.21. The van der Waals surface area contributed by atoms with E-state index in [-0.39, 0.29) is 11.6 Å². The highest BCUT2D eigenvalue weighted by molar-refractivity contribution is 6.18. The number of hydrogen-bond donors (Lipinski definition) is 2. The molecule has 0 aliphatic carbocycles. The van der Waals surface area contributed by atoms with E-state index in [2.05, 4.69) is 10.6 Å². The normalized spacial score (nSPS) is 11.0. The topological polar surface area (TPSA) is 64.9 Å². The predicted molar refractivity (Wildman–Crippen MR) is 95.3 cm³/mol. The largest absolute Gasteiger partial charge is 0.379 e. The van der Waals surface area contributed by atoms with Crippen molar-refractivity contribution in [3.8, 4) is 6.07 Å². The molecule has 2 N–H and O–H groups in total. The van der Waals surface area contributed by atoms with Gasteiger partial charge >= 0.3 is 0 Å². The maximum absolute atomic E-state index is 11.9. The van der Waals surface area contributed by atoms with E-state index in [4.69, 9.17) is 11.6 Å². The summed E-state index contributed by atoms with van der Waals surface area (Å²) in [5.74, 6) is -0.139. The molecule has 0 aliphatic heterocycles. The summed E-state index contributed by atoms with van der Waals surface area (Å²) in [4.78, 5) is 11.9. The molecule has 0 radical (unpaired) electrons. The van der Waals surface area contributed by atoms with Gasteiger partial charge in [0.2, 0.25) is 0 Å². The summed E-state index contributed by atoms with van der Waals surface area (Å²) < 4.78 is 0. The fourth-order valence-electron chi connectivity index (χ4n) is 2.25. The first-order chi connectivity index (χ1) is 11.8. The average Bonchev–Trinajstić information content (AvgIpc) is 2.65. The van der Waals surface area contributed by atoms with E-state index in [1.807, 2.05) is 66.7 Å². The number of carbonyl (C=O) groups is 1. The summed E-state index contributed by atoms with van der Waals surface area (Å²) in [6.45, 7) is 0.320. The Morgan fingerprint density at radius 3 is 2.08 bits per heavy atom.